The Labute approximate surface area is 163 Å². The lowest BCUT2D eigenvalue weighted by atomic mass is 9.80. The van der Waals surface area contributed by atoms with E-state index in [0.717, 1.165) is 17.8 Å². The van der Waals surface area contributed by atoms with E-state index in [1.807, 2.05) is 0 Å². The van der Waals surface area contributed by atoms with Gasteiger partial charge in [-0.05, 0) is 61.8 Å². The highest BCUT2D eigenvalue weighted by Crippen LogP contribution is 2.29. The fraction of sp³-hybridized carbons (Fsp3) is 0.650. The molecule has 7 heteroatoms. The molecule has 0 spiro atoms. The molecule has 1 aliphatic carbocycles. The maximum absolute atomic E-state index is 11.5. The van der Waals surface area contributed by atoms with Crippen molar-refractivity contribution in [2.75, 3.05) is 26.5 Å². The van der Waals surface area contributed by atoms with E-state index in [-0.39, 0.29) is 0 Å². The van der Waals surface area contributed by atoms with Crippen molar-refractivity contribution in [2.24, 2.45) is 16.8 Å². The van der Waals surface area contributed by atoms with E-state index >= 15 is 0 Å². The van der Waals surface area contributed by atoms with Crippen LogP contribution in [0.2, 0.25) is 0 Å². The third kappa shape index (κ3) is 7.05. The molecule has 6 nitrogen and oxygen atoms in total. The summed E-state index contributed by atoms with van der Waals surface area (Å²) in [4.78, 5) is 4.59. The van der Waals surface area contributed by atoms with Crippen LogP contribution in [0.4, 0.5) is 0 Å². The van der Waals surface area contributed by atoms with Gasteiger partial charge in [0.05, 0.1) is 11.4 Å². The number of aliphatic imine (C=N–C) groups is 1. The first-order valence-corrected chi connectivity index (χ1v) is 11.6. The molecule has 0 heterocycles. The first kappa shape index (κ1) is 21.5. The summed E-state index contributed by atoms with van der Waals surface area (Å²) in [5, 5.41) is 6.78. The standard InChI is InChI=1S/C20H33N3O3S/c1-15(2)16-5-7-17(8-6-16)23-20(21-3)22-13-14-26-18-9-11-19(12-10-18)27(4,24)25/h9-12,15-17H,5-8,13-14H2,1-4H3,(H2,21,22,23). The van der Waals surface area contributed by atoms with Gasteiger partial charge in [0, 0.05) is 19.3 Å². The Kier molecular flexibility index (Phi) is 7.95. The van der Waals surface area contributed by atoms with Crippen molar-refractivity contribution in [2.45, 2.75) is 50.5 Å². The van der Waals surface area contributed by atoms with Crippen LogP contribution in [0.5, 0.6) is 5.75 Å². The molecule has 2 rings (SSSR count). The first-order chi connectivity index (χ1) is 12.8. The summed E-state index contributed by atoms with van der Waals surface area (Å²) in [6, 6.07) is 6.96. The summed E-state index contributed by atoms with van der Waals surface area (Å²) in [7, 11) is -1.40. The SMILES string of the molecule is CN=C(NCCOc1ccc(S(C)(=O)=O)cc1)NC1CCC(C(C)C)CC1. The summed E-state index contributed by atoms with van der Waals surface area (Å²) in [5.74, 6) is 3.07. The van der Waals surface area contributed by atoms with Gasteiger partial charge in [0.15, 0.2) is 15.8 Å². The smallest absolute Gasteiger partial charge is 0.191 e. The highest BCUT2D eigenvalue weighted by Gasteiger charge is 2.23. The molecule has 0 radical (unpaired) electrons. The zero-order chi connectivity index (χ0) is 19.9. The second-order valence-electron chi connectivity index (χ2n) is 7.59. The molecule has 1 saturated carbocycles. The molecule has 1 aromatic rings. The van der Waals surface area contributed by atoms with Gasteiger partial charge in [0.1, 0.15) is 12.4 Å². The molecule has 1 aromatic carbocycles. The summed E-state index contributed by atoms with van der Waals surface area (Å²) >= 11 is 0. The number of rotatable bonds is 7. The molecule has 0 saturated heterocycles. The molecule has 0 unspecified atom stereocenters. The van der Waals surface area contributed by atoms with Gasteiger partial charge >= 0.3 is 0 Å². The highest BCUT2D eigenvalue weighted by atomic mass is 32.2. The molecule has 2 N–H and O–H groups in total. The van der Waals surface area contributed by atoms with Crippen LogP contribution in [-0.4, -0.2) is 46.9 Å². The predicted molar refractivity (Wildman–Crippen MR) is 110 cm³/mol. The van der Waals surface area contributed by atoms with E-state index in [9.17, 15) is 8.42 Å². The van der Waals surface area contributed by atoms with Gasteiger partial charge < -0.3 is 15.4 Å². The van der Waals surface area contributed by atoms with Gasteiger partial charge in [0.2, 0.25) is 0 Å². The molecule has 0 aromatic heterocycles. The van der Waals surface area contributed by atoms with Crippen LogP contribution in [0.15, 0.2) is 34.2 Å². The largest absolute Gasteiger partial charge is 0.492 e. The molecule has 0 bridgehead atoms. The first-order valence-electron chi connectivity index (χ1n) is 9.69. The lowest BCUT2D eigenvalue weighted by molar-refractivity contribution is 0.249. The Morgan fingerprint density at radius 1 is 1.19 bits per heavy atom. The van der Waals surface area contributed by atoms with Crippen LogP contribution in [0, 0.1) is 11.8 Å². The highest BCUT2D eigenvalue weighted by molar-refractivity contribution is 7.90. The predicted octanol–water partition coefficient (Wildman–Crippen LogP) is 2.85. The van der Waals surface area contributed by atoms with E-state index in [4.69, 9.17) is 4.74 Å². The lowest BCUT2D eigenvalue weighted by Crippen LogP contribution is -2.46. The average Bonchev–Trinajstić information content (AvgIpc) is 2.64. The number of hydrogen-bond acceptors (Lipinski definition) is 4. The Hall–Kier alpha value is -1.76. The molecule has 1 aliphatic rings. The maximum atomic E-state index is 11.5. The van der Waals surface area contributed by atoms with Crippen molar-refractivity contribution in [3.8, 4) is 5.75 Å². The minimum Gasteiger partial charge on any atom is -0.492 e. The number of benzene rings is 1. The number of nitrogens with zero attached hydrogens (tertiary/aromatic N) is 1. The number of nitrogens with one attached hydrogen (secondary N) is 2. The number of sulfone groups is 1. The van der Waals surface area contributed by atoms with Crippen molar-refractivity contribution < 1.29 is 13.2 Å². The summed E-state index contributed by atoms with van der Waals surface area (Å²) in [6.07, 6.45) is 6.12. The number of ether oxygens (including phenoxy) is 1. The molecule has 0 aliphatic heterocycles. The quantitative estimate of drug-likeness (QED) is 0.422. The zero-order valence-electron chi connectivity index (χ0n) is 16.9. The fourth-order valence-corrected chi connectivity index (χ4v) is 4.07. The van der Waals surface area contributed by atoms with Gasteiger partial charge in [-0.2, -0.15) is 0 Å². The summed E-state index contributed by atoms with van der Waals surface area (Å²) in [6.45, 7) is 5.72. The lowest BCUT2D eigenvalue weighted by Gasteiger charge is -2.32. The van der Waals surface area contributed by atoms with Crippen LogP contribution >= 0.6 is 0 Å². The fourth-order valence-electron chi connectivity index (χ4n) is 3.44. The van der Waals surface area contributed by atoms with Crippen molar-refractivity contribution in [1.29, 1.82) is 0 Å². The van der Waals surface area contributed by atoms with E-state index in [0.29, 0.717) is 29.8 Å². The molecule has 152 valence electrons. The number of hydrogen-bond donors (Lipinski definition) is 2. The Bertz CT molecular complexity index is 706. The second-order valence-corrected chi connectivity index (χ2v) is 9.61. The van der Waals surface area contributed by atoms with E-state index < -0.39 is 9.84 Å². The average molecular weight is 396 g/mol. The van der Waals surface area contributed by atoms with Crippen molar-refractivity contribution >= 4 is 15.8 Å². The Balaban J connectivity index is 1.69. The normalized spacial score (nSPS) is 21.1. The minimum atomic E-state index is -3.17. The third-order valence-corrected chi connectivity index (χ3v) is 6.32. The van der Waals surface area contributed by atoms with Gasteiger partial charge in [-0.25, -0.2) is 8.42 Å². The zero-order valence-corrected chi connectivity index (χ0v) is 17.7. The van der Waals surface area contributed by atoms with Crippen molar-refractivity contribution in [1.82, 2.24) is 10.6 Å². The van der Waals surface area contributed by atoms with Gasteiger partial charge in [-0.3, -0.25) is 4.99 Å². The van der Waals surface area contributed by atoms with E-state index in [2.05, 4.69) is 29.5 Å². The van der Waals surface area contributed by atoms with Crippen molar-refractivity contribution in [3.05, 3.63) is 24.3 Å². The van der Waals surface area contributed by atoms with Crippen molar-refractivity contribution in [3.63, 3.8) is 0 Å². The Morgan fingerprint density at radius 3 is 2.33 bits per heavy atom. The van der Waals surface area contributed by atoms with Crippen LogP contribution in [0.1, 0.15) is 39.5 Å². The van der Waals surface area contributed by atoms with E-state index in [1.165, 1.54) is 31.9 Å². The van der Waals surface area contributed by atoms with Crippen LogP contribution in [0.25, 0.3) is 0 Å². The molecular formula is C20H33N3O3S. The second kappa shape index (κ2) is 9.97. The minimum absolute atomic E-state index is 0.296. The van der Waals surface area contributed by atoms with Crippen LogP contribution < -0.4 is 15.4 Å². The van der Waals surface area contributed by atoms with Gasteiger partial charge in [-0.1, -0.05) is 13.8 Å². The Morgan fingerprint density at radius 2 is 1.81 bits per heavy atom. The van der Waals surface area contributed by atoms with Gasteiger partial charge in [-0.15, -0.1) is 0 Å². The third-order valence-electron chi connectivity index (χ3n) is 5.19. The number of guanidine groups is 1. The summed E-state index contributed by atoms with van der Waals surface area (Å²) < 4.78 is 28.6. The van der Waals surface area contributed by atoms with Crippen LogP contribution in [0.3, 0.4) is 0 Å². The van der Waals surface area contributed by atoms with Crippen LogP contribution in [-0.2, 0) is 9.84 Å². The van der Waals surface area contributed by atoms with E-state index in [1.54, 1.807) is 31.3 Å². The molecule has 0 amide bonds. The van der Waals surface area contributed by atoms with Gasteiger partial charge in [0.25, 0.3) is 0 Å². The monoisotopic (exact) mass is 395 g/mol. The molecule has 1 fully saturated rings. The maximum Gasteiger partial charge on any atom is 0.191 e. The molecule has 0 atom stereocenters. The molecule has 27 heavy (non-hydrogen) atoms. The summed E-state index contributed by atoms with van der Waals surface area (Å²) in [5.41, 5.74) is 0. The topological polar surface area (TPSA) is 79.8 Å². The molecular weight excluding hydrogens is 362 g/mol.